The fourth-order valence-electron chi connectivity index (χ4n) is 7.00. The van der Waals surface area contributed by atoms with Crippen molar-refractivity contribution in [2.45, 2.75) is 46.1 Å². The number of hydrogen-bond donors (Lipinski definition) is 0. The number of halogens is 2. The van der Waals surface area contributed by atoms with Crippen LogP contribution in [0.4, 0.5) is 4.39 Å². The van der Waals surface area contributed by atoms with E-state index in [-0.39, 0.29) is 12.4 Å². The summed E-state index contributed by atoms with van der Waals surface area (Å²) in [5.41, 5.74) is 7.01. The molecule has 7 rings (SSSR count). The first-order chi connectivity index (χ1) is 23.4. The van der Waals surface area contributed by atoms with Crippen molar-refractivity contribution in [2.75, 3.05) is 19.8 Å². The lowest BCUT2D eigenvalue weighted by Gasteiger charge is -2.16. The predicted molar refractivity (Wildman–Crippen MR) is 187 cm³/mol. The molecule has 48 heavy (non-hydrogen) atoms. The van der Waals surface area contributed by atoms with Gasteiger partial charge in [0, 0.05) is 46.6 Å². The Bertz CT molecular complexity index is 2170. The van der Waals surface area contributed by atoms with E-state index in [1.807, 2.05) is 73.3 Å². The minimum atomic E-state index is -0.391. The Kier molecular flexibility index (Phi) is 8.84. The Hall–Kier alpha value is -4.82. The van der Waals surface area contributed by atoms with Gasteiger partial charge in [-0.1, -0.05) is 54.9 Å². The molecule has 9 heteroatoms. The zero-order valence-electron chi connectivity index (χ0n) is 27.3. The molecule has 0 spiro atoms. The highest BCUT2D eigenvalue weighted by Gasteiger charge is 2.30. The summed E-state index contributed by atoms with van der Waals surface area (Å²) in [4.78, 5) is 14.0. The van der Waals surface area contributed by atoms with Crippen molar-refractivity contribution < 1.29 is 23.4 Å². The van der Waals surface area contributed by atoms with Gasteiger partial charge in [-0.2, -0.15) is 5.10 Å². The molecule has 2 aromatic heterocycles. The summed E-state index contributed by atoms with van der Waals surface area (Å²) in [7, 11) is 1.96. The highest BCUT2D eigenvalue weighted by atomic mass is 35.5. The lowest BCUT2D eigenvalue weighted by molar-refractivity contribution is 0.0513. The Morgan fingerprint density at radius 2 is 1.85 bits per heavy atom. The van der Waals surface area contributed by atoms with Crippen LogP contribution in [-0.2, 0) is 37.6 Å². The quantitative estimate of drug-likeness (QED) is 0.120. The first-order valence-electron chi connectivity index (χ1n) is 16.5. The summed E-state index contributed by atoms with van der Waals surface area (Å²) in [5.74, 6) is 0.783. The van der Waals surface area contributed by atoms with Crippen LogP contribution in [0.1, 0.15) is 53.3 Å². The molecule has 1 aliphatic rings. The molecule has 1 aliphatic heterocycles. The Balaban J connectivity index is 1.39. The highest BCUT2D eigenvalue weighted by Crippen LogP contribution is 2.44. The molecule has 0 bridgehead atoms. The highest BCUT2D eigenvalue weighted by molar-refractivity contribution is 6.35. The average molecular weight is 666 g/mol. The second-order valence-corrected chi connectivity index (χ2v) is 12.4. The molecular formula is C39H37ClFN3O4. The van der Waals surface area contributed by atoms with Gasteiger partial charge in [-0.15, -0.1) is 0 Å². The van der Waals surface area contributed by atoms with Gasteiger partial charge in [-0.25, -0.2) is 9.18 Å². The van der Waals surface area contributed by atoms with Gasteiger partial charge >= 0.3 is 5.97 Å². The molecule has 3 heterocycles. The van der Waals surface area contributed by atoms with Gasteiger partial charge in [-0.05, 0) is 73.5 Å². The molecule has 0 unspecified atom stereocenters. The topological polar surface area (TPSA) is 67.5 Å². The van der Waals surface area contributed by atoms with E-state index in [0.717, 1.165) is 61.1 Å². The summed E-state index contributed by atoms with van der Waals surface area (Å²) >= 11 is 7.15. The zero-order valence-corrected chi connectivity index (χ0v) is 28.1. The van der Waals surface area contributed by atoms with Crippen molar-refractivity contribution in [3.63, 3.8) is 0 Å². The smallest absolute Gasteiger partial charge is 0.355 e. The van der Waals surface area contributed by atoms with Gasteiger partial charge in [0.05, 0.1) is 42.6 Å². The van der Waals surface area contributed by atoms with Gasteiger partial charge in [0.1, 0.15) is 23.0 Å². The molecule has 6 aromatic rings. The van der Waals surface area contributed by atoms with Crippen LogP contribution in [0.25, 0.3) is 32.8 Å². The van der Waals surface area contributed by atoms with Crippen molar-refractivity contribution in [2.24, 2.45) is 7.05 Å². The van der Waals surface area contributed by atoms with Crippen molar-refractivity contribution >= 4 is 39.2 Å². The summed E-state index contributed by atoms with van der Waals surface area (Å²) < 4.78 is 36.2. The van der Waals surface area contributed by atoms with E-state index in [9.17, 15) is 9.18 Å². The number of nitrogens with zero attached hydrogens (tertiary/aromatic N) is 3. The number of esters is 1. The van der Waals surface area contributed by atoms with Crippen LogP contribution < -0.4 is 9.47 Å². The van der Waals surface area contributed by atoms with Crippen molar-refractivity contribution in [1.82, 2.24) is 14.3 Å². The summed E-state index contributed by atoms with van der Waals surface area (Å²) in [5, 5.41) is 8.06. The molecule has 0 saturated heterocycles. The van der Waals surface area contributed by atoms with Crippen LogP contribution in [0.15, 0.2) is 72.8 Å². The SMILES string of the molecule is CCOC(=O)c1c(CCCOc2cccc3cc(F)ccc23)c2ccc(Cl)c3c2n1Cc1ccccc1OCCc1c-3c(CC)nn1C. The molecule has 7 nitrogen and oxygen atoms in total. The summed E-state index contributed by atoms with van der Waals surface area (Å²) in [6, 6.07) is 22.2. The van der Waals surface area contributed by atoms with Crippen LogP contribution in [0, 0.1) is 5.82 Å². The molecule has 0 amide bonds. The second kappa shape index (κ2) is 13.4. The van der Waals surface area contributed by atoms with Crippen LogP contribution in [0.3, 0.4) is 0 Å². The van der Waals surface area contributed by atoms with Crippen LogP contribution >= 0.6 is 11.6 Å². The molecule has 0 saturated carbocycles. The number of carbonyl (C=O) groups is 1. The minimum Gasteiger partial charge on any atom is -0.493 e. The largest absolute Gasteiger partial charge is 0.493 e. The Labute approximate surface area is 283 Å². The first-order valence-corrected chi connectivity index (χ1v) is 16.8. The maximum Gasteiger partial charge on any atom is 0.355 e. The number of aryl methyl sites for hydroxylation is 3. The maximum absolute atomic E-state index is 14.0. The van der Waals surface area contributed by atoms with Gasteiger partial charge in [0.15, 0.2) is 0 Å². The van der Waals surface area contributed by atoms with Crippen molar-refractivity contribution in [3.05, 3.63) is 112 Å². The van der Waals surface area contributed by atoms with E-state index >= 15 is 0 Å². The molecule has 0 N–H and O–H groups in total. The molecule has 0 atom stereocenters. The van der Waals surface area contributed by atoms with Gasteiger partial charge in [0.2, 0.25) is 0 Å². The van der Waals surface area contributed by atoms with E-state index in [1.54, 1.807) is 6.07 Å². The number of rotatable bonds is 8. The average Bonchev–Trinajstić information content (AvgIpc) is 3.55. The molecule has 246 valence electrons. The maximum atomic E-state index is 14.0. The summed E-state index contributed by atoms with van der Waals surface area (Å²) in [6.45, 7) is 5.40. The Morgan fingerprint density at radius 1 is 1.02 bits per heavy atom. The van der Waals surface area contributed by atoms with E-state index < -0.39 is 5.97 Å². The number of para-hydroxylation sites is 1. The Morgan fingerprint density at radius 3 is 2.69 bits per heavy atom. The number of aromatic nitrogens is 3. The van der Waals surface area contributed by atoms with Crippen LogP contribution in [0.2, 0.25) is 5.02 Å². The number of fused-ring (bicyclic) bond motifs is 4. The van der Waals surface area contributed by atoms with Crippen molar-refractivity contribution in [3.8, 4) is 22.6 Å². The lowest BCUT2D eigenvalue weighted by Crippen LogP contribution is -2.16. The first kappa shape index (κ1) is 31.8. The molecule has 0 aliphatic carbocycles. The normalized spacial score (nSPS) is 12.7. The number of benzene rings is 4. The minimum absolute atomic E-state index is 0.241. The fourth-order valence-corrected chi connectivity index (χ4v) is 7.25. The zero-order chi connectivity index (χ0) is 33.4. The van der Waals surface area contributed by atoms with E-state index in [1.165, 1.54) is 12.1 Å². The standard InChI is InChI=1S/C39H37ClFN3O4/c1-4-31-36-32(43(3)42-31)19-21-48-33-13-7-6-10-25(33)23-44-37-29(17-18-30(40)35(36)37)28(38(44)39(45)46-5-2)12-9-20-47-34-14-8-11-24-22-26(41)15-16-27(24)34/h6-8,10-11,13-18,22H,4-5,9,12,19-21,23H2,1-3H3. The number of ether oxygens (including phenoxy) is 3. The second-order valence-electron chi connectivity index (χ2n) is 12.0. The van der Waals surface area contributed by atoms with E-state index in [2.05, 4.69) is 11.5 Å². The van der Waals surface area contributed by atoms with E-state index in [0.29, 0.717) is 61.9 Å². The van der Waals surface area contributed by atoms with Gasteiger partial charge in [0.25, 0.3) is 0 Å². The van der Waals surface area contributed by atoms with Crippen LogP contribution in [0.5, 0.6) is 11.5 Å². The third kappa shape index (κ3) is 5.68. The van der Waals surface area contributed by atoms with Gasteiger partial charge in [-0.3, -0.25) is 4.68 Å². The number of hydrogen-bond acceptors (Lipinski definition) is 5. The van der Waals surface area contributed by atoms with Gasteiger partial charge < -0.3 is 18.8 Å². The van der Waals surface area contributed by atoms with E-state index in [4.69, 9.17) is 30.9 Å². The lowest BCUT2D eigenvalue weighted by atomic mass is 9.96. The number of carbonyl (C=O) groups excluding carboxylic acids is 1. The molecule has 4 aromatic carbocycles. The molecule has 0 radical (unpaired) electrons. The monoisotopic (exact) mass is 665 g/mol. The fraction of sp³-hybridized carbons (Fsp3) is 0.282. The van der Waals surface area contributed by atoms with Crippen LogP contribution in [-0.4, -0.2) is 40.1 Å². The molecular weight excluding hydrogens is 629 g/mol. The van der Waals surface area contributed by atoms with Crippen molar-refractivity contribution in [1.29, 1.82) is 0 Å². The molecule has 0 fully saturated rings. The third-order valence-corrected chi connectivity index (χ3v) is 9.41. The third-order valence-electron chi connectivity index (χ3n) is 9.10. The predicted octanol–water partition coefficient (Wildman–Crippen LogP) is 8.72. The summed E-state index contributed by atoms with van der Waals surface area (Å²) in [6.07, 6.45) is 2.53.